The van der Waals surface area contributed by atoms with Gasteiger partial charge in [-0.05, 0) is 17.7 Å². The molecule has 1 aromatic carbocycles. The summed E-state index contributed by atoms with van der Waals surface area (Å²) >= 11 is 12.1. The fourth-order valence-electron chi connectivity index (χ4n) is 2.47. The molecule has 1 aliphatic heterocycles. The van der Waals surface area contributed by atoms with Crippen LogP contribution < -0.4 is 5.73 Å². The van der Waals surface area contributed by atoms with Gasteiger partial charge in [0.2, 0.25) is 0 Å². The van der Waals surface area contributed by atoms with Crippen molar-refractivity contribution in [2.45, 2.75) is 13.2 Å². The molecule has 0 saturated carbocycles. The fourth-order valence-corrected chi connectivity index (χ4v) is 2.94. The minimum Gasteiger partial charge on any atom is -0.372 e. The van der Waals surface area contributed by atoms with Crippen molar-refractivity contribution in [1.29, 1.82) is 0 Å². The third-order valence-corrected chi connectivity index (χ3v) is 4.13. The van der Waals surface area contributed by atoms with E-state index in [9.17, 15) is 4.39 Å². The first-order chi connectivity index (χ1) is 10.6. The number of nitrogens with zero attached hydrogens (tertiary/aromatic N) is 2. The number of benzene rings is 1. The summed E-state index contributed by atoms with van der Waals surface area (Å²) < 4.78 is 21.1. The van der Waals surface area contributed by atoms with Gasteiger partial charge in [-0.25, -0.2) is 4.39 Å². The molecule has 0 unspecified atom stereocenters. The van der Waals surface area contributed by atoms with Gasteiger partial charge in [0, 0.05) is 27.7 Å². The Hall–Kier alpha value is -1.40. The van der Waals surface area contributed by atoms with E-state index < -0.39 is 0 Å². The predicted octanol–water partition coefficient (Wildman–Crippen LogP) is 3.41. The van der Waals surface area contributed by atoms with Crippen molar-refractivity contribution in [3.8, 4) is 0 Å². The van der Waals surface area contributed by atoms with Crippen molar-refractivity contribution in [2.75, 3.05) is 13.2 Å². The second-order valence-electron chi connectivity index (χ2n) is 4.99. The van der Waals surface area contributed by atoms with E-state index in [1.807, 2.05) is 6.07 Å². The second kappa shape index (κ2) is 6.38. The molecular weight excluding hydrogens is 328 g/mol. The van der Waals surface area contributed by atoms with E-state index >= 15 is 0 Å². The predicted molar refractivity (Wildman–Crippen MR) is 84.5 cm³/mol. The summed E-state index contributed by atoms with van der Waals surface area (Å²) in [5.41, 5.74) is 8.29. The van der Waals surface area contributed by atoms with E-state index in [2.05, 4.69) is 5.10 Å². The average molecular weight is 342 g/mol. The van der Waals surface area contributed by atoms with Crippen LogP contribution in [0.3, 0.4) is 0 Å². The van der Waals surface area contributed by atoms with E-state index in [4.69, 9.17) is 33.7 Å². The first-order valence-corrected chi connectivity index (χ1v) is 7.50. The molecule has 0 radical (unpaired) electrons. The number of nitrogens with two attached hydrogens (primary N) is 1. The van der Waals surface area contributed by atoms with Gasteiger partial charge < -0.3 is 10.5 Å². The molecule has 2 N–H and O–H groups in total. The minimum absolute atomic E-state index is 0.162. The van der Waals surface area contributed by atoms with Crippen molar-refractivity contribution in [3.05, 3.63) is 57.1 Å². The summed E-state index contributed by atoms with van der Waals surface area (Å²) in [4.78, 5) is 0. The molecule has 0 spiro atoms. The lowest BCUT2D eigenvalue weighted by Gasteiger charge is -2.19. The maximum absolute atomic E-state index is 14.0. The summed E-state index contributed by atoms with van der Waals surface area (Å²) in [7, 11) is 0. The lowest BCUT2D eigenvalue weighted by atomic mass is 10.1. The molecule has 0 fully saturated rings. The minimum atomic E-state index is -0.384. The van der Waals surface area contributed by atoms with E-state index in [-0.39, 0.29) is 19.0 Å². The number of fused-ring (bicyclic) bond motifs is 1. The van der Waals surface area contributed by atoms with Crippen LogP contribution in [-0.2, 0) is 17.9 Å². The molecule has 3 rings (SSSR count). The van der Waals surface area contributed by atoms with Gasteiger partial charge in [-0.1, -0.05) is 29.3 Å². The Morgan fingerprint density at radius 3 is 2.91 bits per heavy atom. The molecule has 0 bridgehead atoms. The molecule has 0 amide bonds. The SMILES string of the molecule is NC/C(F)=C1\COCc2cnn(Cc3ccc(Cl)cc3Cl)c21. The van der Waals surface area contributed by atoms with Crippen LogP contribution in [0.15, 0.2) is 30.2 Å². The molecule has 7 heteroatoms. The van der Waals surface area contributed by atoms with Crippen molar-refractivity contribution in [3.63, 3.8) is 0 Å². The van der Waals surface area contributed by atoms with E-state index in [1.165, 1.54) is 0 Å². The number of aromatic nitrogens is 2. The molecule has 0 saturated heterocycles. The van der Waals surface area contributed by atoms with Gasteiger partial charge in [0.15, 0.2) is 0 Å². The molecule has 4 nitrogen and oxygen atoms in total. The highest BCUT2D eigenvalue weighted by atomic mass is 35.5. The van der Waals surface area contributed by atoms with E-state index in [1.54, 1.807) is 23.0 Å². The van der Waals surface area contributed by atoms with Gasteiger partial charge in [0.25, 0.3) is 0 Å². The fraction of sp³-hybridized carbons (Fsp3) is 0.267. The van der Waals surface area contributed by atoms with Crippen LogP contribution in [0.5, 0.6) is 0 Å². The van der Waals surface area contributed by atoms with Crippen LogP contribution in [0.2, 0.25) is 10.0 Å². The molecule has 0 aliphatic carbocycles. The highest BCUT2D eigenvalue weighted by molar-refractivity contribution is 6.35. The van der Waals surface area contributed by atoms with Gasteiger partial charge in [0.05, 0.1) is 31.6 Å². The third kappa shape index (κ3) is 2.90. The van der Waals surface area contributed by atoms with Crippen LogP contribution in [-0.4, -0.2) is 22.9 Å². The van der Waals surface area contributed by atoms with Crippen molar-refractivity contribution >= 4 is 28.8 Å². The topological polar surface area (TPSA) is 53.1 Å². The normalized spacial score (nSPS) is 16.5. The van der Waals surface area contributed by atoms with Gasteiger partial charge in [-0.3, -0.25) is 4.68 Å². The van der Waals surface area contributed by atoms with Gasteiger partial charge >= 0.3 is 0 Å². The molecular formula is C15H14Cl2FN3O. The van der Waals surface area contributed by atoms with Crippen LogP contribution in [0.1, 0.15) is 16.8 Å². The Labute approximate surface area is 137 Å². The lowest BCUT2D eigenvalue weighted by molar-refractivity contribution is 0.144. The largest absolute Gasteiger partial charge is 0.372 e. The quantitative estimate of drug-likeness (QED) is 0.930. The first kappa shape index (κ1) is 15.5. The maximum atomic E-state index is 14.0. The highest BCUT2D eigenvalue weighted by Crippen LogP contribution is 2.30. The first-order valence-electron chi connectivity index (χ1n) is 6.74. The zero-order chi connectivity index (χ0) is 15.7. The molecule has 0 atom stereocenters. The standard InChI is InChI=1S/C15H14Cl2FN3O/c16-11-2-1-9(13(17)3-11)6-21-15-10(5-20-21)7-22-8-12(15)14(18)4-19/h1-3,5H,4,6-8,19H2/b14-12-. The molecule has 22 heavy (non-hydrogen) atoms. The Bertz CT molecular complexity index is 742. The molecule has 116 valence electrons. The lowest BCUT2D eigenvalue weighted by Crippen LogP contribution is -2.17. The van der Waals surface area contributed by atoms with Gasteiger partial charge in [-0.15, -0.1) is 0 Å². The van der Waals surface area contributed by atoms with Crippen LogP contribution in [0, 0.1) is 0 Å². The van der Waals surface area contributed by atoms with Crippen molar-refractivity contribution in [1.82, 2.24) is 9.78 Å². The van der Waals surface area contributed by atoms with Crippen LogP contribution in [0.25, 0.3) is 5.57 Å². The van der Waals surface area contributed by atoms with Crippen LogP contribution in [0.4, 0.5) is 4.39 Å². The summed E-state index contributed by atoms with van der Waals surface area (Å²) in [6, 6.07) is 5.27. The maximum Gasteiger partial charge on any atom is 0.121 e. The second-order valence-corrected chi connectivity index (χ2v) is 5.84. The van der Waals surface area contributed by atoms with Crippen molar-refractivity contribution in [2.24, 2.45) is 5.73 Å². The molecule has 2 aromatic rings. The van der Waals surface area contributed by atoms with E-state index in [0.717, 1.165) is 16.8 Å². The number of hydrogen-bond acceptors (Lipinski definition) is 3. The highest BCUT2D eigenvalue weighted by Gasteiger charge is 2.23. The zero-order valence-electron chi connectivity index (χ0n) is 11.7. The van der Waals surface area contributed by atoms with Crippen molar-refractivity contribution < 1.29 is 9.13 Å². The summed E-state index contributed by atoms with van der Waals surface area (Å²) in [5.74, 6) is -0.384. The smallest absolute Gasteiger partial charge is 0.121 e. The number of rotatable bonds is 3. The van der Waals surface area contributed by atoms with E-state index in [0.29, 0.717) is 28.8 Å². The van der Waals surface area contributed by atoms with Gasteiger partial charge in [-0.2, -0.15) is 5.10 Å². The third-order valence-electron chi connectivity index (χ3n) is 3.55. The zero-order valence-corrected chi connectivity index (χ0v) is 13.2. The molecule has 1 aromatic heterocycles. The van der Waals surface area contributed by atoms with Gasteiger partial charge in [0.1, 0.15) is 5.83 Å². The Morgan fingerprint density at radius 1 is 1.36 bits per heavy atom. The summed E-state index contributed by atoms with van der Waals surface area (Å²) in [6.07, 6.45) is 1.68. The molecule has 2 heterocycles. The van der Waals surface area contributed by atoms with Crippen LogP contribution >= 0.6 is 23.2 Å². The molecule has 1 aliphatic rings. The summed E-state index contributed by atoms with van der Waals surface area (Å²) in [5, 5.41) is 5.45. The number of hydrogen-bond donors (Lipinski definition) is 1. The Morgan fingerprint density at radius 2 is 2.18 bits per heavy atom. The number of halogens is 3. The Kier molecular flexibility index (Phi) is 4.49. The number of ether oxygens (including phenoxy) is 1. The average Bonchev–Trinajstić information content (AvgIpc) is 2.92. The Balaban J connectivity index is 2.01. The monoisotopic (exact) mass is 341 g/mol. The summed E-state index contributed by atoms with van der Waals surface area (Å²) in [6.45, 7) is 0.860.